The van der Waals surface area contributed by atoms with E-state index in [0.29, 0.717) is 6.54 Å². The fourth-order valence-electron chi connectivity index (χ4n) is 1.21. The Balaban J connectivity index is 0.000000845. The first-order valence-corrected chi connectivity index (χ1v) is 4.92. The monoisotopic (exact) mass is 233 g/mol. The predicted octanol–water partition coefficient (Wildman–Crippen LogP) is 3.44. The van der Waals surface area contributed by atoms with E-state index in [-0.39, 0.29) is 12.4 Å². The third-order valence-corrected chi connectivity index (χ3v) is 3.08. The van der Waals surface area contributed by atoms with Gasteiger partial charge in [-0.2, -0.15) is 0 Å². The molecule has 13 heavy (non-hydrogen) atoms. The minimum absolute atomic E-state index is 0. The van der Waals surface area contributed by atoms with Gasteiger partial charge in [0, 0.05) is 16.3 Å². The molecule has 2 rings (SSSR count). The summed E-state index contributed by atoms with van der Waals surface area (Å²) in [5.74, 6) is 0. The molecule has 70 valence electrons. The van der Waals surface area contributed by atoms with Gasteiger partial charge in [-0.05, 0) is 34.5 Å². The van der Waals surface area contributed by atoms with Gasteiger partial charge in [-0.25, -0.2) is 0 Å². The molecule has 1 heterocycles. The summed E-state index contributed by atoms with van der Waals surface area (Å²) in [5.41, 5.74) is 6.75. The van der Waals surface area contributed by atoms with Crippen LogP contribution in [0, 0.1) is 0 Å². The van der Waals surface area contributed by atoms with Crippen molar-refractivity contribution in [1.29, 1.82) is 0 Å². The van der Waals surface area contributed by atoms with E-state index in [0.717, 1.165) is 5.02 Å². The van der Waals surface area contributed by atoms with Crippen LogP contribution in [0.1, 0.15) is 5.56 Å². The first-order valence-electron chi connectivity index (χ1n) is 3.67. The summed E-state index contributed by atoms with van der Waals surface area (Å²) in [6.45, 7) is 0.584. The summed E-state index contributed by atoms with van der Waals surface area (Å²) >= 11 is 7.58. The zero-order chi connectivity index (χ0) is 8.55. The van der Waals surface area contributed by atoms with Crippen LogP contribution in [-0.2, 0) is 6.54 Å². The molecular formula is C9H9Cl2NS. The highest BCUT2D eigenvalue weighted by Crippen LogP contribution is 2.28. The van der Waals surface area contributed by atoms with Crippen LogP contribution < -0.4 is 5.73 Å². The molecule has 0 saturated carbocycles. The van der Waals surface area contributed by atoms with E-state index >= 15 is 0 Å². The van der Waals surface area contributed by atoms with E-state index in [1.54, 1.807) is 11.3 Å². The standard InChI is InChI=1S/C9H8ClNS.ClH/c10-7-1-2-9-8(3-7)6(4-11)5-12-9;/h1-3,5H,4,11H2;1H. The molecule has 0 spiro atoms. The van der Waals surface area contributed by atoms with Crippen molar-refractivity contribution < 1.29 is 0 Å². The van der Waals surface area contributed by atoms with E-state index in [1.165, 1.54) is 15.6 Å². The number of hydrogen-bond acceptors (Lipinski definition) is 2. The van der Waals surface area contributed by atoms with Crippen LogP contribution in [0.15, 0.2) is 23.6 Å². The van der Waals surface area contributed by atoms with Gasteiger partial charge in [0.25, 0.3) is 0 Å². The SMILES string of the molecule is Cl.NCc1csc2ccc(Cl)cc12. The second-order valence-corrected chi connectivity index (χ2v) is 3.95. The Labute approximate surface area is 91.9 Å². The lowest BCUT2D eigenvalue weighted by Gasteiger charge is -1.94. The van der Waals surface area contributed by atoms with Gasteiger partial charge in [0.1, 0.15) is 0 Å². The minimum Gasteiger partial charge on any atom is -0.326 e. The van der Waals surface area contributed by atoms with Gasteiger partial charge >= 0.3 is 0 Å². The summed E-state index contributed by atoms with van der Waals surface area (Å²) in [4.78, 5) is 0. The molecule has 0 atom stereocenters. The molecule has 0 amide bonds. The molecule has 0 fully saturated rings. The van der Waals surface area contributed by atoms with Crippen LogP contribution in [0.25, 0.3) is 10.1 Å². The normalized spacial score (nSPS) is 10.0. The van der Waals surface area contributed by atoms with Gasteiger partial charge in [0.2, 0.25) is 0 Å². The molecular weight excluding hydrogens is 225 g/mol. The number of rotatable bonds is 1. The summed E-state index contributed by atoms with van der Waals surface area (Å²) in [6, 6.07) is 5.90. The maximum atomic E-state index is 5.87. The molecule has 1 aromatic carbocycles. The van der Waals surface area contributed by atoms with Crippen LogP contribution in [0.5, 0.6) is 0 Å². The Hall–Kier alpha value is -0.280. The summed E-state index contributed by atoms with van der Waals surface area (Å²) in [6.07, 6.45) is 0. The second-order valence-electron chi connectivity index (χ2n) is 2.61. The lowest BCUT2D eigenvalue weighted by atomic mass is 10.2. The number of fused-ring (bicyclic) bond motifs is 1. The number of nitrogens with two attached hydrogens (primary N) is 1. The Morgan fingerprint density at radius 2 is 2.15 bits per heavy atom. The lowest BCUT2D eigenvalue weighted by molar-refractivity contribution is 1.09. The molecule has 2 aromatic rings. The van der Waals surface area contributed by atoms with Gasteiger partial charge in [-0.3, -0.25) is 0 Å². The van der Waals surface area contributed by atoms with E-state index < -0.39 is 0 Å². The van der Waals surface area contributed by atoms with Crippen LogP contribution in [0.3, 0.4) is 0 Å². The molecule has 4 heteroatoms. The largest absolute Gasteiger partial charge is 0.326 e. The maximum Gasteiger partial charge on any atom is 0.0413 e. The molecule has 0 unspecified atom stereocenters. The molecule has 1 nitrogen and oxygen atoms in total. The van der Waals surface area contributed by atoms with Crippen molar-refractivity contribution in [2.75, 3.05) is 0 Å². The number of hydrogen-bond donors (Lipinski definition) is 1. The van der Waals surface area contributed by atoms with Gasteiger partial charge < -0.3 is 5.73 Å². The van der Waals surface area contributed by atoms with Crippen molar-refractivity contribution in [3.8, 4) is 0 Å². The zero-order valence-corrected chi connectivity index (χ0v) is 9.18. The van der Waals surface area contributed by atoms with Crippen molar-refractivity contribution in [3.05, 3.63) is 34.2 Å². The fourth-order valence-corrected chi connectivity index (χ4v) is 2.34. The average molecular weight is 234 g/mol. The molecule has 0 radical (unpaired) electrons. The van der Waals surface area contributed by atoms with Crippen molar-refractivity contribution >= 4 is 45.4 Å². The van der Waals surface area contributed by atoms with Crippen molar-refractivity contribution in [2.45, 2.75) is 6.54 Å². The summed E-state index contributed by atoms with van der Waals surface area (Å²) in [7, 11) is 0. The number of benzene rings is 1. The highest BCUT2D eigenvalue weighted by atomic mass is 35.5. The smallest absolute Gasteiger partial charge is 0.0413 e. The molecule has 0 aliphatic rings. The van der Waals surface area contributed by atoms with E-state index in [4.69, 9.17) is 17.3 Å². The first kappa shape index (κ1) is 10.8. The molecule has 0 aliphatic carbocycles. The lowest BCUT2D eigenvalue weighted by Crippen LogP contribution is -1.93. The minimum atomic E-state index is 0. The van der Waals surface area contributed by atoms with Crippen LogP contribution in [0.4, 0.5) is 0 Å². The maximum absolute atomic E-state index is 5.87. The van der Waals surface area contributed by atoms with Crippen LogP contribution in [0.2, 0.25) is 5.02 Å². The number of thiophene rings is 1. The third-order valence-electron chi connectivity index (χ3n) is 1.84. The van der Waals surface area contributed by atoms with Crippen molar-refractivity contribution in [2.24, 2.45) is 5.73 Å². The fraction of sp³-hybridized carbons (Fsp3) is 0.111. The number of halogens is 2. The zero-order valence-electron chi connectivity index (χ0n) is 6.79. The Morgan fingerprint density at radius 1 is 1.38 bits per heavy atom. The average Bonchev–Trinajstić information content (AvgIpc) is 2.46. The van der Waals surface area contributed by atoms with Gasteiger partial charge in [0.05, 0.1) is 0 Å². The molecule has 0 bridgehead atoms. The topological polar surface area (TPSA) is 26.0 Å². The molecule has 1 aromatic heterocycles. The van der Waals surface area contributed by atoms with Crippen molar-refractivity contribution in [1.82, 2.24) is 0 Å². The third kappa shape index (κ3) is 1.97. The Kier molecular flexibility index (Phi) is 3.56. The van der Waals surface area contributed by atoms with E-state index in [1.807, 2.05) is 18.2 Å². The molecule has 2 N–H and O–H groups in total. The van der Waals surface area contributed by atoms with E-state index in [2.05, 4.69) is 5.38 Å². The first-order chi connectivity index (χ1) is 5.81. The van der Waals surface area contributed by atoms with Gasteiger partial charge in [-0.15, -0.1) is 23.7 Å². The van der Waals surface area contributed by atoms with Gasteiger partial charge in [0.15, 0.2) is 0 Å². The Morgan fingerprint density at radius 3 is 2.85 bits per heavy atom. The molecule has 0 aliphatic heterocycles. The highest BCUT2D eigenvalue weighted by Gasteiger charge is 2.01. The summed E-state index contributed by atoms with van der Waals surface area (Å²) < 4.78 is 1.25. The molecule has 0 saturated heterocycles. The van der Waals surface area contributed by atoms with Crippen LogP contribution in [-0.4, -0.2) is 0 Å². The van der Waals surface area contributed by atoms with Crippen LogP contribution >= 0.6 is 35.3 Å². The van der Waals surface area contributed by atoms with Crippen molar-refractivity contribution in [3.63, 3.8) is 0 Å². The van der Waals surface area contributed by atoms with E-state index in [9.17, 15) is 0 Å². The summed E-state index contributed by atoms with van der Waals surface area (Å²) in [5, 5.41) is 4.05. The highest BCUT2D eigenvalue weighted by molar-refractivity contribution is 7.17. The van der Waals surface area contributed by atoms with Gasteiger partial charge in [-0.1, -0.05) is 11.6 Å². The Bertz CT molecular complexity index is 411. The second kappa shape index (κ2) is 4.29. The quantitative estimate of drug-likeness (QED) is 0.803. The predicted molar refractivity (Wildman–Crippen MR) is 62.0 cm³/mol.